The van der Waals surface area contributed by atoms with Crippen molar-refractivity contribution in [2.45, 2.75) is 40.3 Å². The van der Waals surface area contributed by atoms with Crippen molar-refractivity contribution in [3.8, 4) is 0 Å². The average Bonchev–Trinajstić information content (AvgIpc) is 2.60. The third-order valence-corrected chi connectivity index (χ3v) is 5.03. The van der Waals surface area contributed by atoms with Gasteiger partial charge in [-0.1, -0.05) is 36.7 Å². The molecule has 0 aliphatic heterocycles. The molecular formula is C20H28ClN5O. The van der Waals surface area contributed by atoms with E-state index in [-0.39, 0.29) is 11.8 Å². The molecule has 0 fully saturated rings. The third-order valence-electron chi connectivity index (χ3n) is 4.66. The van der Waals surface area contributed by atoms with Crippen molar-refractivity contribution in [1.29, 1.82) is 0 Å². The van der Waals surface area contributed by atoms with Crippen LogP contribution >= 0.6 is 11.6 Å². The van der Waals surface area contributed by atoms with Crippen LogP contribution < -0.4 is 16.9 Å². The second kappa shape index (κ2) is 9.69. The van der Waals surface area contributed by atoms with Crippen LogP contribution in [0.4, 0.5) is 5.82 Å². The summed E-state index contributed by atoms with van der Waals surface area (Å²) < 4.78 is 0. The van der Waals surface area contributed by atoms with Crippen molar-refractivity contribution in [3.05, 3.63) is 57.7 Å². The van der Waals surface area contributed by atoms with Crippen LogP contribution in [-0.2, 0) is 17.9 Å². The van der Waals surface area contributed by atoms with Crippen molar-refractivity contribution in [2.24, 2.45) is 11.8 Å². The van der Waals surface area contributed by atoms with Gasteiger partial charge in [-0.25, -0.2) is 9.99 Å². The van der Waals surface area contributed by atoms with Crippen LogP contribution in [0.5, 0.6) is 0 Å². The first-order chi connectivity index (χ1) is 12.8. The lowest BCUT2D eigenvalue weighted by Crippen LogP contribution is -2.41. The molecule has 1 aromatic heterocycles. The smallest absolute Gasteiger partial charge is 0.224 e. The van der Waals surface area contributed by atoms with Gasteiger partial charge in [0.15, 0.2) is 0 Å². The molecule has 0 spiro atoms. The van der Waals surface area contributed by atoms with E-state index in [1.165, 1.54) is 0 Å². The van der Waals surface area contributed by atoms with Crippen LogP contribution in [0.15, 0.2) is 30.3 Å². The van der Waals surface area contributed by atoms with Gasteiger partial charge in [-0.2, -0.15) is 0 Å². The number of nitrogen functional groups attached to an aromatic ring is 1. The highest BCUT2D eigenvalue weighted by Gasteiger charge is 2.20. The molecule has 0 saturated carbocycles. The summed E-state index contributed by atoms with van der Waals surface area (Å²) in [4.78, 5) is 16.9. The fourth-order valence-corrected chi connectivity index (χ4v) is 3.26. The SMILES string of the molecule is CCC(CN(N)Cc1ccccc1Cl)C(=O)NCc1c(C)cc(N)nc1C. The van der Waals surface area contributed by atoms with Crippen molar-refractivity contribution < 1.29 is 4.79 Å². The van der Waals surface area contributed by atoms with E-state index < -0.39 is 0 Å². The molecule has 0 radical (unpaired) electrons. The second-order valence-electron chi connectivity index (χ2n) is 6.77. The quantitative estimate of drug-likeness (QED) is 0.476. The number of carbonyl (C=O) groups excluding carboxylic acids is 1. The molecule has 6 nitrogen and oxygen atoms in total. The number of halogens is 1. The van der Waals surface area contributed by atoms with Gasteiger partial charge in [-0.05, 0) is 49.1 Å². The molecule has 0 aliphatic rings. The first-order valence-corrected chi connectivity index (χ1v) is 9.43. The number of nitrogens with two attached hydrogens (primary N) is 2. The van der Waals surface area contributed by atoms with E-state index in [1.807, 2.05) is 51.1 Å². The van der Waals surface area contributed by atoms with E-state index in [1.54, 1.807) is 5.01 Å². The maximum Gasteiger partial charge on any atom is 0.224 e. The standard InChI is InChI=1S/C20H28ClN5O/c1-4-15(11-26(23)12-16-7-5-6-8-18(16)21)20(27)24-10-17-13(2)9-19(22)25-14(17)3/h5-9,15H,4,10-12,23H2,1-3H3,(H2,22,25)(H,24,27). The van der Waals surface area contributed by atoms with Crippen LogP contribution in [0.3, 0.4) is 0 Å². The van der Waals surface area contributed by atoms with E-state index in [0.717, 1.165) is 22.4 Å². The minimum Gasteiger partial charge on any atom is -0.384 e. The Kier molecular flexibility index (Phi) is 7.59. The van der Waals surface area contributed by atoms with E-state index in [2.05, 4.69) is 10.3 Å². The van der Waals surface area contributed by atoms with Crippen molar-refractivity contribution >= 4 is 23.3 Å². The van der Waals surface area contributed by atoms with Crippen LogP contribution in [-0.4, -0.2) is 22.4 Å². The fourth-order valence-electron chi connectivity index (χ4n) is 3.07. The number of nitrogens with one attached hydrogen (secondary N) is 1. The summed E-state index contributed by atoms with van der Waals surface area (Å²) in [6.07, 6.45) is 0.694. The summed E-state index contributed by atoms with van der Waals surface area (Å²) in [6, 6.07) is 9.38. The predicted molar refractivity (Wildman–Crippen MR) is 110 cm³/mol. The molecule has 1 atom stereocenters. The summed E-state index contributed by atoms with van der Waals surface area (Å²) in [5.74, 6) is 6.39. The zero-order valence-electron chi connectivity index (χ0n) is 16.1. The van der Waals surface area contributed by atoms with Gasteiger partial charge in [0.1, 0.15) is 5.82 Å². The molecule has 0 aliphatic carbocycles. The monoisotopic (exact) mass is 389 g/mol. The fraction of sp³-hybridized carbons (Fsp3) is 0.400. The first kappa shape index (κ1) is 21.2. The lowest BCUT2D eigenvalue weighted by molar-refractivity contribution is -0.126. The minimum absolute atomic E-state index is 0.0252. The highest BCUT2D eigenvalue weighted by atomic mass is 35.5. The maximum absolute atomic E-state index is 12.6. The second-order valence-corrected chi connectivity index (χ2v) is 7.18. The Morgan fingerprint density at radius 3 is 2.67 bits per heavy atom. The molecule has 7 heteroatoms. The van der Waals surface area contributed by atoms with Crippen LogP contribution in [0.1, 0.15) is 35.7 Å². The largest absolute Gasteiger partial charge is 0.384 e. The Bertz CT molecular complexity index is 773. The Hall–Kier alpha value is -2.15. The molecule has 1 amide bonds. The number of amides is 1. The Morgan fingerprint density at radius 1 is 1.33 bits per heavy atom. The molecule has 1 aromatic carbocycles. The van der Waals surface area contributed by atoms with Gasteiger partial charge in [-0.15, -0.1) is 0 Å². The molecule has 2 aromatic rings. The van der Waals surface area contributed by atoms with Crippen molar-refractivity contribution in [1.82, 2.24) is 15.3 Å². The van der Waals surface area contributed by atoms with Gasteiger partial charge in [0, 0.05) is 30.4 Å². The van der Waals surface area contributed by atoms with Gasteiger partial charge in [0.2, 0.25) is 5.91 Å². The van der Waals surface area contributed by atoms with Gasteiger partial charge in [0.05, 0.1) is 5.92 Å². The Labute approximate surface area is 165 Å². The predicted octanol–water partition coefficient (Wildman–Crippen LogP) is 2.95. The number of aromatic nitrogens is 1. The molecule has 1 heterocycles. The maximum atomic E-state index is 12.6. The number of anilines is 1. The van der Waals surface area contributed by atoms with Gasteiger partial charge < -0.3 is 11.1 Å². The summed E-state index contributed by atoms with van der Waals surface area (Å²) in [6.45, 7) is 7.21. The molecule has 0 saturated heterocycles. The zero-order chi connectivity index (χ0) is 20.0. The van der Waals surface area contributed by atoms with Gasteiger partial charge in [0.25, 0.3) is 0 Å². The normalized spacial score (nSPS) is 12.2. The first-order valence-electron chi connectivity index (χ1n) is 9.05. The Morgan fingerprint density at radius 2 is 2.04 bits per heavy atom. The minimum atomic E-state index is -0.208. The third kappa shape index (κ3) is 5.92. The Balaban J connectivity index is 1.94. The molecular weight excluding hydrogens is 362 g/mol. The highest BCUT2D eigenvalue weighted by molar-refractivity contribution is 6.31. The summed E-state index contributed by atoms with van der Waals surface area (Å²) in [5, 5.41) is 5.31. The van der Waals surface area contributed by atoms with Crippen molar-refractivity contribution in [2.75, 3.05) is 12.3 Å². The number of hydrazine groups is 1. The molecule has 1 unspecified atom stereocenters. The molecule has 2 rings (SSSR count). The van der Waals surface area contributed by atoms with E-state index >= 15 is 0 Å². The van der Waals surface area contributed by atoms with Gasteiger partial charge in [-0.3, -0.25) is 10.6 Å². The van der Waals surface area contributed by atoms with Gasteiger partial charge >= 0.3 is 0 Å². The molecule has 146 valence electrons. The van der Waals surface area contributed by atoms with Crippen LogP contribution in [0, 0.1) is 19.8 Å². The molecule has 27 heavy (non-hydrogen) atoms. The number of rotatable bonds is 8. The molecule has 0 bridgehead atoms. The number of carbonyl (C=O) groups is 1. The number of hydrogen-bond acceptors (Lipinski definition) is 5. The average molecular weight is 390 g/mol. The van der Waals surface area contributed by atoms with E-state index in [4.69, 9.17) is 23.2 Å². The number of pyridine rings is 1. The topological polar surface area (TPSA) is 97.3 Å². The summed E-state index contributed by atoms with van der Waals surface area (Å²) >= 11 is 6.18. The summed E-state index contributed by atoms with van der Waals surface area (Å²) in [7, 11) is 0. The zero-order valence-corrected chi connectivity index (χ0v) is 16.9. The lowest BCUT2D eigenvalue weighted by atomic mass is 10.0. The van der Waals surface area contributed by atoms with Crippen LogP contribution in [0.25, 0.3) is 0 Å². The number of aryl methyl sites for hydroxylation is 2. The van der Waals surface area contributed by atoms with Crippen LogP contribution in [0.2, 0.25) is 5.02 Å². The lowest BCUT2D eigenvalue weighted by Gasteiger charge is -2.23. The number of benzene rings is 1. The van der Waals surface area contributed by atoms with Crippen molar-refractivity contribution in [3.63, 3.8) is 0 Å². The molecule has 5 N–H and O–H groups in total. The highest BCUT2D eigenvalue weighted by Crippen LogP contribution is 2.17. The number of nitrogens with zero attached hydrogens (tertiary/aromatic N) is 2. The van der Waals surface area contributed by atoms with E-state index in [9.17, 15) is 4.79 Å². The number of hydrogen-bond donors (Lipinski definition) is 3. The van der Waals surface area contributed by atoms with E-state index in [0.29, 0.717) is 36.9 Å². The summed E-state index contributed by atoms with van der Waals surface area (Å²) in [5.41, 5.74) is 9.54.